The predicted octanol–water partition coefficient (Wildman–Crippen LogP) is 1.45. The number of fused-ring (bicyclic) bond motifs is 1. The summed E-state index contributed by atoms with van der Waals surface area (Å²) in [6.45, 7) is 2.15. The summed E-state index contributed by atoms with van der Waals surface area (Å²) in [5.41, 5.74) is 7.64. The zero-order valence-corrected chi connectivity index (χ0v) is 9.93. The van der Waals surface area contributed by atoms with Crippen LogP contribution in [0.4, 0.5) is 5.69 Å². The van der Waals surface area contributed by atoms with Gasteiger partial charge in [-0.05, 0) is 18.2 Å². The Labute approximate surface area is 99.2 Å². The zero-order valence-electron chi connectivity index (χ0n) is 9.93. The Morgan fingerprint density at radius 2 is 2.29 bits per heavy atom. The number of rotatable bonds is 3. The minimum Gasteiger partial charge on any atom is -0.441 e. The van der Waals surface area contributed by atoms with Crippen molar-refractivity contribution in [1.82, 2.24) is 4.98 Å². The fraction of sp³-hybridized carbons (Fsp3) is 0.333. The van der Waals surface area contributed by atoms with Crippen molar-refractivity contribution >= 4 is 22.7 Å². The SMILES string of the molecule is Cc1nc2cc(N(C)C(=O)CCN)ccc2o1. The number of oxazole rings is 1. The molecular weight excluding hydrogens is 218 g/mol. The smallest absolute Gasteiger partial charge is 0.227 e. The largest absolute Gasteiger partial charge is 0.441 e. The van der Waals surface area contributed by atoms with Crippen molar-refractivity contribution in [3.63, 3.8) is 0 Å². The second-order valence-electron chi connectivity index (χ2n) is 3.88. The number of carbonyl (C=O) groups is 1. The third-order valence-electron chi connectivity index (χ3n) is 2.60. The Morgan fingerprint density at radius 3 is 3.00 bits per heavy atom. The highest BCUT2D eigenvalue weighted by Gasteiger charge is 2.11. The fourth-order valence-corrected chi connectivity index (χ4v) is 1.67. The van der Waals surface area contributed by atoms with Crippen LogP contribution in [0.2, 0.25) is 0 Å². The topological polar surface area (TPSA) is 72.4 Å². The molecule has 5 nitrogen and oxygen atoms in total. The molecule has 1 aromatic heterocycles. The lowest BCUT2D eigenvalue weighted by atomic mass is 10.2. The molecule has 0 aliphatic carbocycles. The summed E-state index contributed by atoms with van der Waals surface area (Å²) < 4.78 is 5.38. The van der Waals surface area contributed by atoms with Gasteiger partial charge in [-0.15, -0.1) is 0 Å². The maximum Gasteiger partial charge on any atom is 0.227 e. The number of benzene rings is 1. The van der Waals surface area contributed by atoms with Crippen molar-refractivity contribution in [1.29, 1.82) is 0 Å². The van der Waals surface area contributed by atoms with Crippen molar-refractivity contribution in [2.24, 2.45) is 5.73 Å². The van der Waals surface area contributed by atoms with Crippen molar-refractivity contribution in [3.05, 3.63) is 24.1 Å². The predicted molar refractivity (Wildman–Crippen MR) is 65.8 cm³/mol. The third kappa shape index (κ3) is 2.29. The molecule has 90 valence electrons. The van der Waals surface area contributed by atoms with E-state index < -0.39 is 0 Å². The number of aryl methyl sites for hydroxylation is 1. The molecule has 0 atom stereocenters. The lowest BCUT2D eigenvalue weighted by Gasteiger charge is -2.16. The van der Waals surface area contributed by atoms with Crippen LogP contribution in [0.5, 0.6) is 0 Å². The molecule has 0 bridgehead atoms. The molecule has 0 spiro atoms. The standard InChI is InChI=1S/C12H15N3O2/c1-8-14-10-7-9(3-4-11(10)17-8)15(2)12(16)5-6-13/h3-4,7H,5-6,13H2,1-2H3. The molecule has 0 saturated carbocycles. The minimum atomic E-state index is -0.00735. The van der Waals surface area contributed by atoms with E-state index in [4.69, 9.17) is 10.2 Å². The Kier molecular flexibility index (Phi) is 3.10. The van der Waals surface area contributed by atoms with E-state index in [0.717, 1.165) is 16.8 Å². The number of aromatic nitrogens is 1. The van der Waals surface area contributed by atoms with Crippen LogP contribution < -0.4 is 10.6 Å². The van der Waals surface area contributed by atoms with E-state index in [9.17, 15) is 4.79 Å². The van der Waals surface area contributed by atoms with Gasteiger partial charge in [0.1, 0.15) is 5.52 Å². The minimum absolute atomic E-state index is 0.00735. The highest BCUT2D eigenvalue weighted by atomic mass is 16.3. The molecule has 0 saturated heterocycles. The van der Waals surface area contributed by atoms with Crippen molar-refractivity contribution in [3.8, 4) is 0 Å². The van der Waals surface area contributed by atoms with Crippen LogP contribution in [-0.2, 0) is 4.79 Å². The van der Waals surface area contributed by atoms with E-state index in [2.05, 4.69) is 4.98 Å². The molecule has 1 amide bonds. The highest BCUT2D eigenvalue weighted by molar-refractivity contribution is 5.94. The lowest BCUT2D eigenvalue weighted by molar-refractivity contribution is -0.118. The van der Waals surface area contributed by atoms with Crippen LogP contribution in [0.3, 0.4) is 0 Å². The van der Waals surface area contributed by atoms with Gasteiger partial charge in [0.05, 0.1) is 0 Å². The van der Waals surface area contributed by atoms with Gasteiger partial charge in [-0.1, -0.05) is 0 Å². The number of nitrogens with two attached hydrogens (primary N) is 1. The van der Waals surface area contributed by atoms with Gasteiger partial charge < -0.3 is 15.1 Å². The number of hydrogen-bond acceptors (Lipinski definition) is 4. The number of hydrogen-bond donors (Lipinski definition) is 1. The summed E-state index contributed by atoms with van der Waals surface area (Å²) in [7, 11) is 1.73. The number of carbonyl (C=O) groups excluding carboxylic acids is 1. The van der Waals surface area contributed by atoms with Crippen LogP contribution in [0.1, 0.15) is 12.3 Å². The molecule has 1 heterocycles. The second-order valence-corrected chi connectivity index (χ2v) is 3.88. The quantitative estimate of drug-likeness (QED) is 0.870. The first-order chi connectivity index (χ1) is 8.11. The van der Waals surface area contributed by atoms with E-state index in [1.54, 1.807) is 18.9 Å². The summed E-state index contributed by atoms with van der Waals surface area (Å²) in [4.78, 5) is 17.5. The molecule has 0 radical (unpaired) electrons. The average Bonchev–Trinajstić information content (AvgIpc) is 2.67. The third-order valence-corrected chi connectivity index (χ3v) is 2.60. The number of nitrogens with zero attached hydrogens (tertiary/aromatic N) is 2. The Hall–Kier alpha value is -1.88. The van der Waals surface area contributed by atoms with Crippen LogP contribution in [0, 0.1) is 6.92 Å². The van der Waals surface area contributed by atoms with Crippen molar-refractivity contribution in [2.45, 2.75) is 13.3 Å². The summed E-state index contributed by atoms with van der Waals surface area (Å²) in [6.07, 6.45) is 0.340. The van der Waals surface area contributed by atoms with Gasteiger partial charge in [-0.2, -0.15) is 0 Å². The summed E-state index contributed by atoms with van der Waals surface area (Å²) in [6, 6.07) is 5.48. The Bertz CT molecular complexity index is 548. The first kappa shape index (κ1) is 11.6. The molecule has 2 rings (SSSR count). The van der Waals surface area contributed by atoms with Gasteiger partial charge in [0.15, 0.2) is 11.5 Å². The van der Waals surface area contributed by atoms with E-state index >= 15 is 0 Å². The number of anilines is 1. The van der Waals surface area contributed by atoms with Gasteiger partial charge >= 0.3 is 0 Å². The summed E-state index contributed by atoms with van der Waals surface area (Å²) in [5, 5.41) is 0. The van der Waals surface area contributed by atoms with Gasteiger partial charge in [0.25, 0.3) is 0 Å². The monoisotopic (exact) mass is 233 g/mol. The second kappa shape index (κ2) is 4.55. The van der Waals surface area contributed by atoms with Gasteiger partial charge in [-0.25, -0.2) is 4.98 Å². The first-order valence-electron chi connectivity index (χ1n) is 5.45. The molecule has 2 aromatic rings. The van der Waals surface area contributed by atoms with Crippen LogP contribution in [-0.4, -0.2) is 24.5 Å². The molecule has 0 fully saturated rings. The average molecular weight is 233 g/mol. The number of amides is 1. The van der Waals surface area contributed by atoms with Crippen LogP contribution >= 0.6 is 0 Å². The van der Waals surface area contributed by atoms with Crippen LogP contribution in [0.15, 0.2) is 22.6 Å². The first-order valence-corrected chi connectivity index (χ1v) is 5.45. The van der Waals surface area contributed by atoms with E-state index in [-0.39, 0.29) is 5.91 Å². The van der Waals surface area contributed by atoms with Crippen molar-refractivity contribution < 1.29 is 9.21 Å². The molecule has 5 heteroatoms. The van der Waals surface area contributed by atoms with Crippen LogP contribution in [0.25, 0.3) is 11.1 Å². The highest BCUT2D eigenvalue weighted by Crippen LogP contribution is 2.22. The van der Waals surface area contributed by atoms with E-state index in [1.165, 1.54) is 0 Å². The van der Waals surface area contributed by atoms with Gasteiger partial charge in [0, 0.05) is 32.6 Å². The molecule has 0 aliphatic heterocycles. The van der Waals surface area contributed by atoms with Crippen molar-refractivity contribution in [2.75, 3.05) is 18.5 Å². The summed E-state index contributed by atoms with van der Waals surface area (Å²) in [5.74, 6) is 0.611. The molecule has 17 heavy (non-hydrogen) atoms. The molecule has 1 aromatic carbocycles. The van der Waals surface area contributed by atoms with E-state index in [1.807, 2.05) is 18.2 Å². The van der Waals surface area contributed by atoms with E-state index in [0.29, 0.717) is 18.9 Å². The molecule has 0 aliphatic rings. The Morgan fingerprint density at radius 1 is 1.53 bits per heavy atom. The fourth-order valence-electron chi connectivity index (χ4n) is 1.67. The molecular formula is C12H15N3O2. The zero-order chi connectivity index (χ0) is 12.4. The normalized spacial score (nSPS) is 10.8. The maximum absolute atomic E-state index is 11.7. The summed E-state index contributed by atoms with van der Waals surface area (Å²) >= 11 is 0. The molecule has 2 N–H and O–H groups in total. The van der Waals surface area contributed by atoms with Gasteiger partial charge in [0.2, 0.25) is 5.91 Å². The lowest BCUT2D eigenvalue weighted by Crippen LogP contribution is -2.27. The van der Waals surface area contributed by atoms with Gasteiger partial charge in [-0.3, -0.25) is 4.79 Å². The molecule has 0 unspecified atom stereocenters. The Balaban J connectivity index is 2.32. The maximum atomic E-state index is 11.7.